The lowest BCUT2D eigenvalue weighted by Gasteiger charge is -2.33. The van der Waals surface area contributed by atoms with Gasteiger partial charge in [0.05, 0.1) is 18.9 Å². The Kier molecular flexibility index (Phi) is 6.92. The lowest BCUT2D eigenvalue weighted by Crippen LogP contribution is -2.45. The van der Waals surface area contributed by atoms with Crippen LogP contribution in [0.15, 0.2) is 36.4 Å². The Hall–Kier alpha value is -3.10. The van der Waals surface area contributed by atoms with Crippen molar-refractivity contribution in [2.24, 2.45) is 0 Å². The van der Waals surface area contributed by atoms with Crippen LogP contribution in [0.1, 0.15) is 11.1 Å². The van der Waals surface area contributed by atoms with Crippen molar-refractivity contribution in [3.63, 3.8) is 0 Å². The average molecular weight is 440 g/mol. The van der Waals surface area contributed by atoms with E-state index in [0.717, 1.165) is 36.5 Å². The largest absolute Gasteiger partial charge is 0.483 e. The second kappa shape index (κ2) is 10.0. The van der Waals surface area contributed by atoms with E-state index in [1.165, 1.54) is 0 Å². The predicted octanol–water partition coefficient (Wildman–Crippen LogP) is 2.38. The molecule has 4 rings (SSSR count). The van der Waals surface area contributed by atoms with Crippen LogP contribution in [0, 0.1) is 13.8 Å². The summed E-state index contributed by atoms with van der Waals surface area (Å²) in [5, 5.41) is 2.86. The normalized spacial score (nSPS) is 16.3. The van der Waals surface area contributed by atoms with E-state index in [2.05, 4.69) is 10.2 Å². The number of benzene rings is 2. The number of carbonyl (C=O) groups is 2. The molecule has 0 aliphatic carbocycles. The number of rotatable bonds is 7. The van der Waals surface area contributed by atoms with E-state index in [1.807, 2.05) is 32.0 Å². The number of amides is 2. The third-order valence-electron chi connectivity index (χ3n) is 5.69. The van der Waals surface area contributed by atoms with Gasteiger partial charge in [-0.3, -0.25) is 14.5 Å². The molecule has 8 heteroatoms. The van der Waals surface area contributed by atoms with Gasteiger partial charge in [0, 0.05) is 31.9 Å². The highest BCUT2D eigenvalue weighted by atomic mass is 16.5. The molecule has 0 unspecified atom stereocenters. The first-order chi connectivity index (χ1) is 15.5. The topological polar surface area (TPSA) is 80.3 Å². The molecule has 0 aromatic heterocycles. The summed E-state index contributed by atoms with van der Waals surface area (Å²) in [7, 11) is 0. The van der Waals surface area contributed by atoms with Crippen LogP contribution in [0.25, 0.3) is 0 Å². The summed E-state index contributed by atoms with van der Waals surface area (Å²) in [6, 6.07) is 11.2. The number of hydrogen-bond donors (Lipinski definition) is 1. The molecule has 2 aromatic carbocycles. The number of carbonyl (C=O) groups excluding carboxylic acids is 2. The van der Waals surface area contributed by atoms with E-state index in [4.69, 9.17) is 14.2 Å². The minimum Gasteiger partial charge on any atom is -0.483 e. The highest BCUT2D eigenvalue weighted by Gasteiger charge is 2.26. The van der Waals surface area contributed by atoms with Gasteiger partial charge >= 0.3 is 0 Å². The zero-order chi connectivity index (χ0) is 22.5. The number of fused-ring (bicyclic) bond motifs is 1. The lowest BCUT2D eigenvalue weighted by molar-refractivity contribution is -0.121. The molecule has 1 N–H and O–H groups in total. The summed E-state index contributed by atoms with van der Waals surface area (Å²) in [5.74, 6) is 1.00. The van der Waals surface area contributed by atoms with Gasteiger partial charge in [-0.25, -0.2) is 0 Å². The molecule has 32 heavy (non-hydrogen) atoms. The number of anilines is 2. The molecule has 0 spiro atoms. The van der Waals surface area contributed by atoms with Gasteiger partial charge < -0.3 is 24.4 Å². The summed E-state index contributed by atoms with van der Waals surface area (Å²) in [6.45, 7) is 8.30. The summed E-state index contributed by atoms with van der Waals surface area (Å²) in [6.07, 6.45) is 0. The number of morpholine rings is 1. The van der Waals surface area contributed by atoms with Crippen molar-refractivity contribution in [1.82, 2.24) is 4.90 Å². The maximum absolute atomic E-state index is 12.5. The van der Waals surface area contributed by atoms with Gasteiger partial charge in [-0.2, -0.15) is 0 Å². The Balaban J connectivity index is 1.40. The second-order valence-electron chi connectivity index (χ2n) is 8.03. The molecule has 8 nitrogen and oxygen atoms in total. The Morgan fingerprint density at radius 2 is 1.84 bits per heavy atom. The molecule has 2 aromatic rings. The SMILES string of the molecule is Cc1cccc(C)c1OCC(=O)Nc1ccc2c(c1)N(CCN1CCOCC1)C(=O)CO2. The Labute approximate surface area is 188 Å². The molecule has 1 fully saturated rings. The van der Waals surface area contributed by atoms with E-state index in [0.29, 0.717) is 36.9 Å². The van der Waals surface area contributed by atoms with E-state index in [-0.39, 0.29) is 25.0 Å². The summed E-state index contributed by atoms with van der Waals surface area (Å²) in [5.41, 5.74) is 3.23. The van der Waals surface area contributed by atoms with Crippen LogP contribution >= 0.6 is 0 Å². The van der Waals surface area contributed by atoms with Crippen LogP contribution in [-0.2, 0) is 14.3 Å². The van der Waals surface area contributed by atoms with E-state index >= 15 is 0 Å². The third kappa shape index (κ3) is 5.20. The van der Waals surface area contributed by atoms with Crippen molar-refractivity contribution in [3.05, 3.63) is 47.5 Å². The van der Waals surface area contributed by atoms with E-state index < -0.39 is 0 Å². The average Bonchev–Trinajstić information content (AvgIpc) is 2.79. The van der Waals surface area contributed by atoms with Crippen molar-refractivity contribution in [3.8, 4) is 11.5 Å². The first-order valence-electron chi connectivity index (χ1n) is 10.9. The number of nitrogens with zero attached hydrogens (tertiary/aromatic N) is 2. The number of nitrogens with one attached hydrogen (secondary N) is 1. The highest BCUT2D eigenvalue weighted by Crippen LogP contribution is 2.34. The minimum atomic E-state index is -0.268. The number of aryl methyl sites for hydroxylation is 2. The molecule has 2 aliphatic heterocycles. The Morgan fingerprint density at radius 3 is 2.59 bits per heavy atom. The summed E-state index contributed by atoms with van der Waals surface area (Å²) >= 11 is 0. The zero-order valence-electron chi connectivity index (χ0n) is 18.6. The van der Waals surface area contributed by atoms with Crippen molar-refractivity contribution >= 4 is 23.2 Å². The standard InChI is InChI=1S/C24H29N3O5/c1-17-4-3-5-18(2)24(17)32-15-22(28)25-19-6-7-21-20(14-19)27(23(29)16-31-21)9-8-26-10-12-30-13-11-26/h3-7,14H,8-13,15-16H2,1-2H3,(H,25,28). The maximum atomic E-state index is 12.5. The van der Waals surface area contributed by atoms with Crippen molar-refractivity contribution < 1.29 is 23.8 Å². The van der Waals surface area contributed by atoms with E-state index in [9.17, 15) is 9.59 Å². The van der Waals surface area contributed by atoms with Gasteiger partial charge in [-0.1, -0.05) is 18.2 Å². The summed E-state index contributed by atoms with van der Waals surface area (Å²) in [4.78, 5) is 29.0. The maximum Gasteiger partial charge on any atom is 0.265 e. The van der Waals surface area contributed by atoms with Crippen molar-refractivity contribution in [2.75, 3.05) is 62.8 Å². The first-order valence-corrected chi connectivity index (χ1v) is 10.9. The molecule has 0 bridgehead atoms. The van der Waals surface area contributed by atoms with Crippen LogP contribution < -0.4 is 19.7 Å². The fraction of sp³-hybridized carbons (Fsp3) is 0.417. The van der Waals surface area contributed by atoms with E-state index in [1.54, 1.807) is 23.1 Å². The summed E-state index contributed by atoms with van der Waals surface area (Å²) < 4.78 is 16.7. The second-order valence-corrected chi connectivity index (χ2v) is 8.03. The molecule has 2 amide bonds. The van der Waals surface area contributed by atoms with Crippen LogP contribution in [0.3, 0.4) is 0 Å². The number of para-hydroxylation sites is 1. The minimum absolute atomic E-state index is 0.0193. The molecule has 2 aliphatic rings. The number of hydrogen-bond acceptors (Lipinski definition) is 6. The molecule has 0 saturated carbocycles. The van der Waals surface area contributed by atoms with Gasteiger partial charge in [0.15, 0.2) is 13.2 Å². The molecule has 1 saturated heterocycles. The van der Waals surface area contributed by atoms with Crippen LogP contribution in [0.2, 0.25) is 0 Å². The van der Waals surface area contributed by atoms with Crippen LogP contribution in [-0.4, -0.2) is 69.3 Å². The number of ether oxygens (including phenoxy) is 3. The van der Waals surface area contributed by atoms with Gasteiger partial charge in [-0.15, -0.1) is 0 Å². The Bertz CT molecular complexity index is 967. The van der Waals surface area contributed by atoms with Crippen molar-refractivity contribution in [2.45, 2.75) is 13.8 Å². The third-order valence-corrected chi connectivity index (χ3v) is 5.69. The quantitative estimate of drug-likeness (QED) is 0.714. The lowest BCUT2D eigenvalue weighted by atomic mass is 10.1. The van der Waals surface area contributed by atoms with Crippen LogP contribution in [0.5, 0.6) is 11.5 Å². The predicted molar refractivity (Wildman–Crippen MR) is 122 cm³/mol. The zero-order valence-corrected chi connectivity index (χ0v) is 18.6. The monoisotopic (exact) mass is 439 g/mol. The molecular weight excluding hydrogens is 410 g/mol. The fourth-order valence-electron chi connectivity index (χ4n) is 3.95. The Morgan fingerprint density at radius 1 is 1.09 bits per heavy atom. The fourth-order valence-corrected chi connectivity index (χ4v) is 3.95. The smallest absolute Gasteiger partial charge is 0.265 e. The van der Waals surface area contributed by atoms with Crippen LogP contribution in [0.4, 0.5) is 11.4 Å². The molecule has 170 valence electrons. The van der Waals surface area contributed by atoms with Crippen molar-refractivity contribution in [1.29, 1.82) is 0 Å². The first kappa shape index (κ1) is 22.1. The van der Waals surface area contributed by atoms with Gasteiger partial charge in [0.2, 0.25) is 0 Å². The molecular formula is C24H29N3O5. The molecule has 0 atom stereocenters. The highest BCUT2D eigenvalue weighted by molar-refractivity contribution is 5.99. The molecule has 0 radical (unpaired) electrons. The van der Waals surface area contributed by atoms with Gasteiger partial charge in [0.25, 0.3) is 11.8 Å². The molecule has 2 heterocycles. The van der Waals surface area contributed by atoms with Gasteiger partial charge in [-0.05, 0) is 43.2 Å². The van der Waals surface area contributed by atoms with Gasteiger partial charge in [0.1, 0.15) is 11.5 Å².